The lowest BCUT2D eigenvalue weighted by molar-refractivity contribution is 0.185. The van der Waals surface area contributed by atoms with Gasteiger partial charge < -0.3 is 20.8 Å². The van der Waals surface area contributed by atoms with Gasteiger partial charge in [-0.1, -0.05) is 23.3 Å². The van der Waals surface area contributed by atoms with Gasteiger partial charge in [0, 0.05) is 0 Å². The van der Waals surface area contributed by atoms with Crippen LogP contribution >= 0.6 is 11.6 Å². The highest BCUT2D eigenvalue weighted by Crippen LogP contribution is 2.41. The standard InChI is InChI=1S/C18H23ClN2O5S/c1-10-4-2-5-12(10)20-18(24)21-13-9-8-11(19)17(16(13)23)27(25,26)15-7-3-6-14(15)22/h4,8-9,12,14-15,22-23H,2-3,5-7H2,1H3,(H2,20,21,24)/t12-,14+,15?/m1/s1. The van der Waals surface area contributed by atoms with E-state index < -0.39 is 37.9 Å². The van der Waals surface area contributed by atoms with Crippen LogP contribution in [0.25, 0.3) is 0 Å². The van der Waals surface area contributed by atoms with Gasteiger partial charge in [-0.15, -0.1) is 0 Å². The SMILES string of the molecule is CC1=CCC[C@H]1NC(=O)Nc1ccc(Cl)c(S(=O)(=O)C2CCC[C@@H]2O)c1O. The molecule has 0 aromatic heterocycles. The summed E-state index contributed by atoms with van der Waals surface area (Å²) >= 11 is 6.05. The summed E-state index contributed by atoms with van der Waals surface area (Å²) in [4.78, 5) is 11.8. The molecule has 7 nitrogen and oxygen atoms in total. The Kier molecular flexibility index (Phi) is 5.69. The quantitative estimate of drug-likeness (QED) is 0.446. The van der Waals surface area contributed by atoms with Crippen molar-refractivity contribution in [1.82, 2.24) is 5.32 Å². The molecule has 148 valence electrons. The lowest BCUT2D eigenvalue weighted by Crippen LogP contribution is -2.37. The molecule has 1 saturated carbocycles. The Bertz CT molecular complexity index is 884. The van der Waals surface area contributed by atoms with Gasteiger partial charge in [0.2, 0.25) is 0 Å². The highest BCUT2D eigenvalue weighted by atomic mass is 35.5. The van der Waals surface area contributed by atoms with Crippen LogP contribution in [-0.2, 0) is 9.84 Å². The van der Waals surface area contributed by atoms with Gasteiger partial charge in [0.05, 0.1) is 28.1 Å². The number of sulfone groups is 1. The fraction of sp³-hybridized carbons (Fsp3) is 0.500. The Morgan fingerprint density at radius 1 is 1.26 bits per heavy atom. The predicted octanol–water partition coefficient (Wildman–Crippen LogP) is 2.96. The summed E-state index contributed by atoms with van der Waals surface area (Å²) in [5.74, 6) is -0.615. The van der Waals surface area contributed by atoms with E-state index in [2.05, 4.69) is 10.6 Å². The number of phenolic OH excluding ortho intramolecular Hbond substituents is 1. The molecule has 1 unspecified atom stereocenters. The van der Waals surface area contributed by atoms with E-state index in [1.165, 1.54) is 12.1 Å². The Morgan fingerprint density at radius 3 is 2.59 bits per heavy atom. The van der Waals surface area contributed by atoms with Crippen LogP contribution in [0.1, 0.15) is 39.0 Å². The van der Waals surface area contributed by atoms with Crippen LogP contribution < -0.4 is 10.6 Å². The van der Waals surface area contributed by atoms with E-state index in [0.717, 1.165) is 18.4 Å². The number of anilines is 1. The zero-order chi connectivity index (χ0) is 19.8. The number of allylic oxidation sites excluding steroid dienone is 1. The highest BCUT2D eigenvalue weighted by molar-refractivity contribution is 7.92. The zero-order valence-electron chi connectivity index (χ0n) is 14.9. The number of hydrogen-bond acceptors (Lipinski definition) is 5. The first-order valence-electron chi connectivity index (χ1n) is 8.89. The van der Waals surface area contributed by atoms with Crippen LogP contribution in [0.4, 0.5) is 10.5 Å². The van der Waals surface area contributed by atoms with Crippen molar-refractivity contribution in [3.05, 3.63) is 28.8 Å². The Hall–Kier alpha value is -1.77. The molecule has 1 aromatic carbocycles. The molecule has 27 heavy (non-hydrogen) atoms. The number of urea groups is 1. The number of hydrogen-bond donors (Lipinski definition) is 4. The van der Waals surface area contributed by atoms with Crippen LogP contribution in [0.5, 0.6) is 5.75 Å². The molecule has 2 aliphatic rings. The maximum absolute atomic E-state index is 12.9. The highest BCUT2D eigenvalue weighted by Gasteiger charge is 2.40. The molecule has 0 aliphatic heterocycles. The van der Waals surface area contributed by atoms with Crippen molar-refractivity contribution in [3.8, 4) is 5.75 Å². The number of aromatic hydroxyl groups is 1. The number of benzene rings is 1. The number of carbonyl (C=O) groups excluding carboxylic acids is 1. The molecular formula is C18H23ClN2O5S. The molecule has 1 fully saturated rings. The summed E-state index contributed by atoms with van der Waals surface area (Å²) in [7, 11) is -4.05. The van der Waals surface area contributed by atoms with Crippen molar-refractivity contribution in [2.75, 3.05) is 5.32 Å². The number of halogens is 1. The van der Waals surface area contributed by atoms with E-state index in [-0.39, 0.29) is 16.8 Å². The Morgan fingerprint density at radius 2 is 2.00 bits per heavy atom. The van der Waals surface area contributed by atoms with Crippen molar-refractivity contribution in [3.63, 3.8) is 0 Å². The number of nitrogens with one attached hydrogen (secondary N) is 2. The fourth-order valence-corrected chi connectivity index (χ4v) is 6.21. The lowest BCUT2D eigenvalue weighted by Gasteiger charge is -2.20. The minimum Gasteiger partial charge on any atom is -0.504 e. The molecule has 0 bridgehead atoms. The first kappa shape index (κ1) is 20.0. The average molecular weight is 415 g/mol. The minimum absolute atomic E-state index is 0.0532. The molecule has 0 radical (unpaired) electrons. The van der Waals surface area contributed by atoms with Crippen LogP contribution in [0.15, 0.2) is 28.7 Å². The predicted molar refractivity (Wildman–Crippen MR) is 103 cm³/mol. The zero-order valence-corrected chi connectivity index (χ0v) is 16.5. The number of amides is 2. The third kappa shape index (κ3) is 3.93. The summed E-state index contributed by atoms with van der Waals surface area (Å²) in [5.41, 5.74) is 1.01. The summed E-state index contributed by atoms with van der Waals surface area (Å²) in [6.45, 7) is 1.93. The molecule has 1 aromatic rings. The first-order chi connectivity index (χ1) is 12.7. The van der Waals surface area contributed by atoms with Crippen molar-refractivity contribution in [2.45, 2.75) is 61.3 Å². The van der Waals surface area contributed by atoms with Gasteiger partial charge in [-0.2, -0.15) is 0 Å². The second-order valence-corrected chi connectivity index (χ2v) is 9.54. The number of rotatable bonds is 4. The number of aliphatic hydroxyl groups excluding tert-OH is 1. The molecule has 2 amide bonds. The van der Waals surface area contributed by atoms with Crippen LogP contribution in [0, 0.1) is 0 Å². The van der Waals surface area contributed by atoms with Crippen molar-refractivity contribution >= 4 is 33.2 Å². The second kappa shape index (κ2) is 7.69. The van der Waals surface area contributed by atoms with Gasteiger partial charge in [0.15, 0.2) is 15.6 Å². The molecule has 0 saturated heterocycles. The Balaban J connectivity index is 1.85. The normalized spacial score (nSPS) is 25.3. The summed E-state index contributed by atoms with van der Waals surface area (Å²) in [6, 6.07) is 2.03. The van der Waals surface area contributed by atoms with E-state index >= 15 is 0 Å². The molecule has 4 N–H and O–H groups in total. The molecule has 0 heterocycles. The summed E-state index contributed by atoms with van der Waals surface area (Å²) in [6.07, 6.45) is 3.99. The lowest BCUT2D eigenvalue weighted by atomic mass is 10.2. The van der Waals surface area contributed by atoms with Crippen molar-refractivity contribution < 1.29 is 23.4 Å². The number of carbonyl (C=O) groups is 1. The van der Waals surface area contributed by atoms with Gasteiger partial charge in [-0.25, -0.2) is 13.2 Å². The van der Waals surface area contributed by atoms with Gasteiger partial charge in [-0.05, 0) is 51.2 Å². The van der Waals surface area contributed by atoms with Gasteiger partial charge >= 0.3 is 6.03 Å². The second-order valence-electron chi connectivity index (χ2n) is 7.03. The molecule has 9 heteroatoms. The third-order valence-electron chi connectivity index (χ3n) is 5.21. The molecule has 3 atom stereocenters. The summed E-state index contributed by atoms with van der Waals surface area (Å²) in [5, 5.41) is 24.6. The van der Waals surface area contributed by atoms with Gasteiger partial charge in [-0.3, -0.25) is 0 Å². The molecular weight excluding hydrogens is 392 g/mol. The third-order valence-corrected chi connectivity index (χ3v) is 7.97. The topological polar surface area (TPSA) is 116 Å². The van der Waals surface area contributed by atoms with E-state index in [1.54, 1.807) is 0 Å². The summed E-state index contributed by atoms with van der Waals surface area (Å²) < 4.78 is 25.8. The first-order valence-corrected chi connectivity index (χ1v) is 10.8. The van der Waals surface area contributed by atoms with Crippen molar-refractivity contribution in [1.29, 1.82) is 0 Å². The van der Waals surface area contributed by atoms with Gasteiger partial charge in [0.25, 0.3) is 0 Å². The minimum atomic E-state index is -4.05. The van der Waals surface area contributed by atoms with E-state index in [9.17, 15) is 23.4 Å². The maximum atomic E-state index is 12.9. The number of aliphatic hydroxyl groups is 1. The van der Waals surface area contributed by atoms with E-state index in [1.807, 2.05) is 13.0 Å². The largest absolute Gasteiger partial charge is 0.504 e. The fourth-order valence-electron chi connectivity index (χ4n) is 3.69. The van der Waals surface area contributed by atoms with Crippen molar-refractivity contribution in [2.24, 2.45) is 0 Å². The number of phenols is 1. The average Bonchev–Trinajstić information content (AvgIpc) is 3.19. The monoisotopic (exact) mass is 414 g/mol. The van der Waals surface area contributed by atoms with E-state index in [4.69, 9.17) is 11.6 Å². The Labute approximate surface area is 163 Å². The van der Waals surface area contributed by atoms with Gasteiger partial charge in [0.1, 0.15) is 4.90 Å². The van der Waals surface area contributed by atoms with Crippen LogP contribution in [0.3, 0.4) is 0 Å². The molecule has 0 spiro atoms. The molecule has 2 aliphatic carbocycles. The van der Waals surface area contributed by atoms with E-state index in [0.29, 0.717) is 19.3 Å². The van der Waals surface area contributed by atoms with Crippen LogP contribution in [0.2, 0.25) is 5.02 Å². The van der Waals surface area contributed by atoms with Crippen LogP contribution in [-0.4, -0.2) is 42.1 Å². The molecule has 3 rings (SSSR count). The maximum Gasteiger partial charge on any atom is 0.319 e. The smallest absolute Gasteiger partial charge is 0.319 e.